The normalized spacial score (nSPS) is 13.0. The smallest absolute Gasteiger partial charge is 0.243 e. The van der Waals surface area contributed by atoms with Gasteiger partial charge in [0.15, 0.2) is 0 Å². The minimum Gasteiger partial charge on any atom is -0.350 e. The van der Waals surface area contributed by atoms with Gasteiger partial charge in [-0.1, -0.05) is 54.1 Å². The Morgan fingerprint density at radius 1 is 0.972 bits per heavy atom. The number of hydrogen-bond acceptors (Lipinski definition) is 4. The van der Waals surface area contributed by atoms with Crippen LogP contribution < -0.4 is 5.32 Å². The van der Waals surface area contributed by atoms with Crippen LogP contribution in [-0.4, -0.2) is 54.6 Å². The Labute approximate surface area is 218 Å². The van der Waals surface area contributed by atoms with Crippen LogP contribution in [0.25, 0.3) is 10.8 Å². The van der Waals surface area contributed by atoms with Crippen LogP contribution in [0.5, 0.6) is 0 Å². The van der Waals surface area contributed by atoms with E-state index in [0.29, 0.717) is 5.02 Å². The number of halogens is 1. The van der Waals surface area contributed by atoms with Crippen molar-refractivity contribution < 1.29 is 18.0 Å². The van der Waals surface area contributed by atoms with E-state index in [1.165, 1.54) is 18.0 Å². The summed E-state index contributed by atoms with van der Waals surface area (Å²) in [5.74, 6) is -0.837. The molecule has 1 atom stereocenters. The fourth-order valence-electron chi connectivity index (χ4n) is 3.76. The summed E-state index contributed by atoms with van der Waals surface area (Å²) in [5.41, 5.74) is 0.234. The molecule has 0 heterocycles. The third-order valence-electron chi connectivity index (χ3n) is 5.69. The lowest BCUT2D eigenvalue weighted by Gasteiger charge is -2.32. The van der Waals surface area contributed by atoms with Crippen LogP contribution in [-0.2, 0) is 26.2 Å². The zero-order valence-corrected chi connectivity index (χ0v) is 22.7. The summed E-state index contributed by atoms with van der Waals surface area (Å²) in [5, 5.41) is 5.09. The minimum atomic E-state index is -3.95. The molecule has 0 unspecified atom stereocenters. The number of carbonyl (C=O) groups is 2. The van der Waals surface area contributed by atoms with E-state index >= 15 is 0 Å². The Kier molecular flexibility index (Phi) is 8.44. The molecule has 1 N–H and O–H groups in total. The summed E-state index contributed by atoms with van der Waals surface area (Å²) in [6.07, 6.45) is 0. The minimum absolute atomic E-state index is 0.0939. The van der Waals surface area contributed by atoms with E-state index in [4.69, 9.17) is 11.6 Å². The van der Waals surface area contributed by atoms with Gasteiger partial charge in [0.25, 0.3) is 0 Å². The first-order valence-electron chi connectivity index (χ1n) is 11.6. The van der Waals surface area contributed by atoms with E-state index in [9.17, 15) is 18.0 Å². The molecule has 0 saturated heterocycles. The monoisotopic (exact) mass is 529 g/mol. The van der Waals surface area contributed by atoms with Gasteiger partial charge in [-0.15, -0.1) is 0 Å². The molecule has 0 aliphatic heterocycles. The number of nitrogens with zero attached hydrogens (tertiary/aromatic N) is 2. The van der Waals surface area contributed by atoms with Crippen molar-refractivity contribution >= 4 is 44.2 Å². The van der Waals surface area contributed by atoms with Gasteiger partial charge in [0.1, 0.15) is 6.04 Å². The quantitative estimate of drug-likeness (QED) is 0.467. The van der Waals surface area contributed by atoms with Gasteiger partial charge in [-0.25, -0.2) is 8.42 Å². The third kappa shape index (κ3) is 6.84. The summed E-state index contributed by atoms with van der Waals surface area (Å²) in [7, 11) is -2.59. The molecule has 0 fully saturated rings. The zero-order chi connectivity index (χ0) is 26.7. The second kappa shape index (κ2) is 11.0. The Morgan fingerprint density at radius 3 is 2.28 bits per heavy atom. The lowest BCUT2D eigenvalue weighted by molar-refractivity contribution is -0.141. The average molecular weight is 530 g/mol. The molecule has 2 amide bonds. The molecule has 3 rings (SSSR count). The predicted molar refractivity (Wildman–Crippen MR) is 143 cm³/mol. The zero-order valence-electron chi connectivity index (χ0n) is 21.2. The number of likely N-dealkylation sites (N-methyl/N-ethyl adjacent to an activating group) is 1. The highest BCUT2D eigenvalue weighted by Gasteiger charge is 2.31. The maximum Gasteiger partial charge on any atom is 0.243 e. The Hall–Kier alpha value is -2.94. The Morgan fingerprint density at radius 2 is 1.64 bits per heavy atom. The van der Waals surface area contributed by atoms with Crippen LogP contribution in [0.4, 0.5) is 0 Å². The van der Waals surface area contributed by atoms with Gasteiger partial charge in [-0.2, -0.15) is 4.31 Å². The lowest BCUT2D eigenvalue weighted by atomic mass is 10.1. The van der Waals surface area contributed by atoms with Gasteiger partial charge < -0.3 is 10.2 Å². The van der Waals surface area contributed by atoms with Crippen LogP contribution in [0.3, 0.4) is 0 Å². The van der Waals surface area contributed by atoms with Gasteiger partial charge in [0.05, 0.1) is 11.4 Å². The fourth-order valence-corrected chi connectivity index (χ4v) is 5.13. The highest BCUT2D eigenvalue weighted by Crippen LogP contribution is 2.22. The molecule has 0 aliphatic carbocycles. The van der Waals surface area contributed by atoms with Crippen molar-refractivity contribution in [3.05, 3.63) is 77.3 Å². The van der Waals surface area contributed by atoms with Crippen LogP contribution in [0, 0.1) is 0 Å². The van der Waals surface area contributed by atoms with Crippen LogP contribution in [0.1, 0.15) is 33.3 Å². The van der Waals surface area contributed by atoms with E-state index in [2.05, 4.69) is 5.32 Å². The summed E-state index contributed by atoms with van der Waals surface area (Å²) < 4.78 is 27.6. The van der Waals surface area contributed by atoms with E-state index in [1.807, 2.05) is 45.0 Å². The SMILES string of the molecule is C[C@H](C(=O)NC(C)(C)C)N(Cc1cccc(Cl)c1)C(=O)CN(C)S(=O)(=O)c1ccc2ccccc2c1. The molecule has 7 nitrogen and oxygen atoms in total. The molecule has 0 bridgehead atoms. The standard InChI is InChI=1S/C27H32ClN3O4S/c1-19(26(33)29-27(2,3)4)31(17-20-9-8-12-23(28)15-20)25(32)18-30(5)36(34,35)24-14-13-21-10-6-7-11-22(21)16-24/h6-16,19H,17-18H2,1-5H3,(H,29,33)/t19-/m1/s1. The average Bonchev–Trinajstić information content (AvgIpc) is 2.80. The van der Waals surface area contributed by atoms with Crippen molar-refractivity contribution in [2.24, 2.45) is 0 Å². The fraction of sp³-hybridized carbons (Fsp3) is 0.333. The van der Waals surface area contributed by atoms with Gasteiger partial charge in [0, 0.05) is 24.2 Å². The Balaban J connectivity index is 1.86. The molecule has 3 aromatic carbocycles. The summed E-state index contributed by atoms with van der Waals surface area (Å²) in [4.78, 5) is 27.8. The number of hydrogen-bond donors (Lipinski definition) is 1. The largest absolute Gasteiger partial charge is 0.350 e. The maximum atomic E-state index is 13.5. The van der Waals surface area contributed by atoms with Crippen LogP contribution in [0.2, 0.25) is 5.02 Å². The second-order valence-electron chi connectivity index (χ2n) is 9.84. The first-order valence-corrected chi connectivity index (χ1v) is 13.4. The topological polar surface area (TPSA) is 86.8 Å². The van der Waals surface area contributed by atoms with E-state index in [1.54, 1.807) is 43.3 Å². The number of nitrogens with one attached hydrogen (secondary N) is 1. The van der Waals surface area contributed by atoms with E-state index in [-0.39, 0.29) is 17.3 Å². The molecule has 0 aromatic heterocycles. The van der Waals surface area contributed by atoms with E-state index < -0.39 is 34.1 Å². The van der Waals surface area contributed by atoms with Crippen molar-refractivity contribution in [2.75, 3.05) is 13.6 Å². The van der Waals surface area contributed by atoms with Gasteiger partial charge in [-0.05, 0) is 68.3 Å². The number of rotatable bonds is 8. The van der Waals surface area contributed by atoms with Gasteiger partial charge >= 0.3 is 0 Å². The van der Waals surface area contributed by atoms with Gasteiger partial charge in [-0.3, -0.25) is 9.59 Å². The molecule has 36 heavy (non-hydrogen) atoms. The molecule has 9 heteroatoms. The van der Waals surface area contributed by atoms with Crippen LogP contribution in [0.15, 0.2) is 71.6 Å². The Bertz CT molecular complexity index is 1370. The maximum absolute atomic E-state index is 13.5. The molecule has 0 aliphatic rings. The van der Waals surface area contributed by atoms with E-state index in [0.717, 1.165) is 20.6 Å². The number of amides is 2. The molecular weight excluding hydrogens is 498 g/mol. The molecule has 0 radical (unpaired) electrons. The highest BCUT2D eigenvalue weighted by atomic mass is 35.5. The predicted octanol–water partition coefficient (Wildman–Crippen LogP) is 4.45. The first-order chi connectivity index (χ1) is 16.8. The van der Waals surface area contributed by atoms with Crippen molar-refractivity contribution in [2.45, 2.75) is 50.7 Å². The van der Waals surface area contributed by atoms with Crippen LogP contribution >= 0.6 is 11.6 Å². The number of fused-ring (bicyclic) bond motifs is 1. The number of sulfonamides is 1. The molecule has 0 saturated carbocycles. The second-order valence-corrected chi connectivity index (χ2v) is 12.3. The number of carbonyl (C=O) groups excluding carboxylic acids is 2. The molecule has 0 spiro atoms. The summed E-state index contributed by atoms with van der Waals surface area (Å²) >= 11 is 6.12. The molecule has 3 aromatic rings. The summed E-state index contributed by atoms with van der Waals surface area (Å²) in [6, 6.07) is 18.5. The molecular formula is C27H32ClN3O4S. The van der Waals surface area contributed by atoms with Gasteiger partial charge in [0.2, 0.25) is 21.8 Å². The van der Waals surface area contributed by atoms with Crippen molar-refractivity contribution in [1.29, 1.82) is 0 Å². The highest BCUT2D eigenvalue weighted by molar-refractivity contribution is 7.89. The third-order valence-corrected chi connectivity index (χ3v) is 7.73. The van der Waals surface area contributed by atoms with Crippen molar-refractivity contribution in [1.82, 2.24) is 14.5 Å². The summed E-state index contributed by atoms with van der Waals surface area (Å²) in [6.45, 7) is 6.85. The first kappa shape index (κ1) is 27.6. The molecule has 192 valence electrons. The number of benzene rings is 3. The lowest BCUT2D eigenvalue weighted by Crippen LogP contribution is -2.54. The van der Waals surface area contributed by atoms with Crippen molar-refractivity contribution in [3.63, 3.8) is 0 Å². The van der Waals surface area contributed by atoms with Crippen molar-refractivity contribution in [3.8, 4) is 0 Å².